The van der Waals surface area contributed by atoms with Crippen molar-refractivity contribution in [3.63, 3.8) is 0 Å². The van der Waals surface area contributed by atoms with Crippen molar-refractivity contribution in [2.75, 3.05) is 0 Å². The van der Waals surface area contributed by atoms with Gasteiger partial charge in [-0.15, -0.1) is 11.3 Å². The standard InChI is InChI=1S/C15H19NOS/c1-3-13-7-8-14(18-13)10-16-9-12-6-4-5-11(2)15(12)17/h4-8,16-17H,3,9-10H2,1-2H3. The quantitative estimate of drug-likeness (QED) is 0.861. The highest BCUT2D eigenvalue weighted by Crippen LogP contribution is 2.21. The van der Waals surface area contributed by atoms with E-state index >= 15 is 0 Å². The first-order chi connectivity index (χ1) is 8.70. The molecule has 0 atom stereocenters. The lowest BCUT2D eigenvalue weighted by Crippen LogP contribution is -2.11. The van der Waals surface area contributed by atoms with E-state index in [1.54, 1.807) is 0 Å². The number of hydrogen-bond acceptors (Lipinski definition) is 3. The lowest BCUT2D eigenvalue weighted by atomic mass is 10.1. The van der Waals surface area contributed by atoms with Gasteiger partial charge >= 0.3 is 0 Å². The van der Waals surface area contributed by atoms with Crippen LogP contribution in [0.3, 0.4) is 0 Å². The maximum absolute atomic E-state index is 9.90. The number of nitrogens with one attached hydrogen (secondary N) is 1. The SMILES string of the molecule is CCc1ccc(CNCc2cccc(C)c2O)s1. The van der Waals surface area contributed by atoms with E-state index in [9.17, 15) is 5.11 Å². The van der Waals surface area contributed by atoms with E-state index in [0.717, 1.165) is 24.1 Å². The van der Waals surface area contributed by atoms with Crippen molar-refractivity contribution < 1.29 is 5.11 Å². The molecule has 3 heteroatoms. The van der Waals surface area contributed by atoms with Crippen LogP contribution >= 0.6 is 11.3 Å². The second-order valence-corrected chi connectivity index (χ2v) is 5.66. The fourth-order valence-electron chi connectivity index (χ4n) is 1.89. The van der Waals surface area contributed by atoms with Crippen LogP contribution in [-0.2, 0) is 19.5 Å². The molecule has 96 valence electrons. The largest absolute Gasteiger partial charge is 0.507 e. The molecule has 2 aromatic rings. The highest BCUT2D eigenvalue weighted by Gasteiger charge is 2.03. The summed E-state index contributed by atoms with van der Waals surface area (Å²) < 4.78 is 0. The van der Waals surface area contributed by atoms with Crippen molar-refractivity contribution in [3.8, 4) is 5.75 Å². The molecule has 0 aliphatic rings. The van der Waals surface area contributed by atoms with E-state index < -0.39 is 0 Å². The van der Waals surface area contributed by atoms with Crippen LogP contribution < -0.4 is 5.32 Å². The first kappa shape index (κ1) is 13.1. The summed E-state index contributed by atoms with van der Waals surface area (Å²) in [5.41, 5.74) is 1.89. The smallest absolute Gasteiger partial charge is 0.122 e. The molecule has 0 amide bonds. The summed E-state index contributed by atoms with van der Waals surface area (Å²) in [6.07, 6.45) is 1.10. The Kier molecular flexibility index (Phi) is 4.39. The Hall–Kier alpha value is -1.32. The summed E-state index contributed by atoms with van der Waals surface area (Å²) in [4.78, 5) is 2.77. The molecule has 2 rings (SSSR count). The monoisotopic (exact) mass is 261 g/mol. The summed E-state index contributed by atoms with van der Waals surface area (Å²) in [5.74, 6) is 0.408. The Labute approximate surface area is 112 Å². The number of aromatic hydroxyl groups is 1. The van der Waals surface area contributed by atoms with Crippen LogP contribution in [0.1, 0.15) is 27.8 Å². The van der Waals surface area contributed by atoms with E-state index in [2.05, 4.69) is 24.4 Å². The van der Waals surface area contributed by atoms with Crippen LogP contribution in [-0.4, -0.2) is 5.11 Å². The van der Waals surface area contributed by atoms with E-state index in [-0.39, 0.29) is 0 Å². The zero-order valence-electron chi connectivity index (χ0n) is 10.9. The molecule has 0 spiro atoms. The third-order valence-corrected chi connectivity index (χ3v) is 4.23. The molecule has 1 aromatic heterocycles. The molecular weight excluding hydrogens is 242 g/mol. The highest BCUT2D eigenvalue weighted by molar-refractivity contribution is 7.11. The number of rotatable bonds is 5. The predicted octanol–water partition coefficient (Wildman–Crippen LogP) is 3.61. The molecule has 0 unspecified atom stereocenters. The van der Waals surface area contributed by atoms with Gasteiger partial charge in [0.15, 0.2) is 0 Å². The number of para-hydroxylation sites is 1. The van der Waals surface area contributed by atoms with Gasteiger partial charge < -0.3 is 10.4 Å². The van der Waals surface area contributed by atoms with Gasteiger partial charge in [-0.25, -0.2) is 0 Å². The first-order valence-electron chi connectivity index (χ1n) is 6.26. The molecule has 0 bridgehead atoms. The average molecular weight is 261 g/mol. The molecule has 1 aromatic carbocycles. The topological polar surface area (TPSA) is 32.3 Å². The third-order valence-electron chi connectivity index (χ3n) is 3.00. The minimum Gasteiger partial charge on any atom is -0.507 e. The Morgan fingerprint density at radius 2 is 1.89 bits per heavy atom. The maximum atomic E-state index is 9.90. The van der Waals surface area contributed by atoms with Gasteiger partial charge in [-0.2, -0.15) is 0 Å². The van der Waals surface area contributed by atoms with Crippen molar-refractivity contribution in [2.45, 2.75) is 33.4 Å². The number of thiophene rings is 1. The third kappa shape index (κ3) is 3.12. The second kappa shape index (κ2) is 6.03. The molecule has 0 saturated heterocycles. The molecule has 1 heterocycles. The van der Waals surface area contributed by atoms with Crippen molar-refractivity contribution in [2.24, 2.45) is 0 Å². The fraction of sp³-hybridized carbons (Fsp3) is 0.333. The summed E-state index contributed by atoms with van der Waals surface area (Å²) in [7, 11) is 0. The number of phenols is 1. The number of benzene rings is 1. The number of phenolic OH excluding ortho intramolecular Hbond substituents is 1. The summed E-state index contributed by atoms with van der Waals surface area (Å²) in [5, 5.41) is 13.3. The summed E-state index contributed by atoms with van der Waals surface area (Å²) in [6.45, 7) is 5.66. The van der Waals surface area contributed by atoms with E-state index in [1.807, 2.05) is 36.5 Å². The van der Waals surface area contributed by atoms with Crippen LogP contribution in [0.4, 0.5) is 0 Å². The van der Waals surface area contributed by atoms with Crippen LogP contribution in [0.25, 0.3) is 0 Å². The molecule has 0 saturated carbocycles. The molecule has 0 aliphatic carbocycles. The Balaban J connectivity index is 1.90. The molecule has 0 fully saturated rings. The van der Waals surface area contributed by atoms with Crippen LogP contribution in [0, 0.1) is 6.92 Å². The zero-order chi connectivity index (χ0) is 13.0. The van der Waals surface area contributed by atoms with E-state index in [4.69, 9.17) is 0 Å². The van der Waals surface area contributed by atoms with Gasteiger partial charge in [0.25, 0.3) is 0 Å². The lowest BCUT2D eigenvalue weighted by Gasteiger charge is -2.07. The van der Waals surface area contributed by atoms with Gasteiger partial charge in [0.2, 0.25) is 0 Å². The summed E-state index contributed by atoms with van der Waals surface area (Å²) >= 11 is 1.85. The molecule has 18 heavy (non-hydrogen) atoms. The minimum atomic E-state index is 0.408. The molecule has 0 radical (unpaired) electrons. The van der Waals surface area contributed by atoms with Crippen molar-refractivity contribution in [1.82, 2.24) is 5.32 Å². The lowest BCUT2D eigenvalue weighted by molar-refractivity contribution is 0.460. The van der Waals surface area contributed by atoms with E-state index in [1.165, 1.54) is 9.75 Å². The van der Waals surface area contributed by atoms with Gasteiger partial charge in [0, 0.05) is 28.4 Å². The minimum absolute atomic E-state index is 0.408. The molecule has 2 nitrogen and oxygen atoms in total. The van der Waals surface area contributed by atoms with Gasteiger partial charge in [-0.3, -0.25) is 0 Å². The average Bonchev–Trinajstić information content (AvgIpc) is 2.82. The van der Waals surface area contributed by atoms with Gasteiger partial charge in [0.05, 0.1) is 0 Å². The molecule has 0 aliphatic heterocycles. The second-order valence-electron chi connectivity index (χ2n) is 4.41. The predicted molar refractivity (Wildman–Crippen MR) is 77.1 cm³/mol. The number of aryl methyl sites for hydroxylation is 2. The molecule has 2 N–H and O–H groups in total. The first-order valence-corrected chi connectivity index (χ1v) is 7.08. The highest BCUT2D eigenvalue weighted by atomic mass is 32.1. The maximum Gasteiger partial charge on any atom is 0.122 e. The van der Waals surface area contributed by atoms with Gasteiger partial charge in [-0.1, -0.05) is 25.1 Å². The van der Waals surface area contributed by atoms with Crippen LogP contribution in [0.15, 0.2) is 30.3 Å². The van der Waals surface area contributed by atoms with E-state index in [0.29, 0.717) is 12.3 Å². The van der Waals surface area contributed by atoms with Crippen molar-refractivity contribution >= 4 is 11.3 Å². The van der Waals surface area contributed by atoms with Crippen LogP contribution in [0.2, 0.25) is 0 Å². The Morgan fingerprint density at radius 3 is 2.61 bits per heavy atom. The zero-order valence-corrected chi connectivity index (χ0v) is 11.7. The molecular formula is C15H19NOS. The summed E-state index contributed by atoms with van der Waals surface area (Å²) in [6, 6.07) is 10.2. The van der Waals surface area contributed by atoms with Gasteiger partial charge in [-0.05, 0) is 31.0 Å². The Morgan fingerprint density at radius 1 is 1.11 bits per heavy atom. The fourth-order valence-corrected chi connectivity index (χ4v) is 2.82. The van der Waals surface area contributed by atoms with Crippen LogP contribution in [0.5, 0.6) is 5.75 Å². The van der Waals surface area contributed by atoms with Crippen molar-refractivity contribution in [3.05, 3.63) is 51.2 Å². The Bertz CT molecular complexity index is 519. The number of hydrogen-bond donors (Lipinski definition) is 2. The van der Waals surface area contributed by atoms with Gasteiger partial charge in [0.1, 0.15) is 5.75 Å². The normalized spacial score (nSPS) is 10.8. The van der Waals surface area contributed by atoms with Crippen molar-refractivity contribution in [1.29, 1.82) is 0 Å².